The third-order valence-corrected chi connectivity index (χ3v) is 6.28. The zero-order valence-electron chi connectivity index (χ0n) is 19.5. The molecule has 1 fully saturated rings. The first-order valence-electron chi connectivity index (χ1n) is 11.7. The number of nitrogens with zero attached hydrogens (tertiary/aromatic N) is 2. The second kappa shape index (κ2) is 9.25. The van der Waals surface area contributed by atoms with Gasteiger partial charge in [-0.3, -0.25) is 14.3 Å². The van der Waals surface area contributed by atoms with Crippen LogP contribution in [0.3, 0.4) is 0 Å². The largest absolute Gasteiger partial charge is 0.464 e. The highest BCUT2D eigenvalue weighted by Gasteiger charge is 2.32. The molecule has 7 heteroatoms. The number of nitrogens with one attached hydrogen (secondary N) is 1. The molecule has 1 aliphatic rings. The molecule has 2 aromatic carbocycles. The molecule has 0 spiro atoms. The number of aromatic nitrogens is 2. The number of amides is 1. The maximum absolute atomic E-state index is 13.6. The zero-order chi connectivity index (χ0) is 23.6. The molecule has 1 saturated carbocycles. The van der Waals surface area contributed by atoms with Crippen LogP contribution in [0.15, 0.2) is 53.3 Å². The van der Waals surface area contributed by atoms with Crippen molar-refractivity contribution in [2.24, 2.45) is 0 Å². The summed E-state index contributed by atoms with van der Waals surface area (Å²) in [6, 6.07) is 15.0. The van der Waals surface area contributed by atoms with Crippen molar-refractivity contribution in [3.05, 3.63) is 64.4 Å². The van der Waals surface area contributed by atoms with Gasteiger partial charge < -0.3 is 10.1 Å². The van der Waals surface area contributed by atoms with Crippen LogP contribution in [0.4, 0.5) is 0 Å². The van der Waals surface area contributed by atoms with Crippen LogP contribution < -0.4 is 10.9 Å². The number of carbonyl (C=O) groups excluding carboxylic acids is 2. The summed E-state index contributed by atoms with van der Waals surface area (Å²) in [5.41, 5.74) is 0.620. The van der Waals surface area contributed by atoms with Gasteiger partial charge in [0.05, 0.1) is 29.2 Å². The van der Waals surface area contributed by atoms with Crippen molar-refractivity contribution in [2.75, 3.05) is 6.61 Å². The van der Waals surface area contributed by atoms with E-state index in [-0.39, 0.29) is 18.2 Å². The van der Waals surface area contributed by atoms with Crippen LogP contribution in [-0.2, 0) is 9.53 Å². The minimum atomic E-state index is -1.18. The van der Waals surface area contributed by atoms with Crippen molar-refractivity contribution in [2.45, 2.75) is 64.5 Å². The molecule has 1 heterocycles. The molecular formula is C26H31N3O4. The smallest absolute Gasteiger partial charge is 0.331 e. The molecule has 0 radical (unpaired) electrons. The summed E-state index contributed by atoms with van der Waals surface area (Å²) in [5.74, 6) is -0.930. The van der Waals surface area contributed by atoms with E-state index in [0.29, 0.717) is 10.9 Å². The van der Waals surface area contributed by atoms with E-state index in [2.05, 4.69) is 10.00 Å². The molecule has 0 bridgehead atoms. The SMILES string of the molecule is CCOC(=O)C(C)(C)NC(=O)c1ccc2c(c1)c(=O)n(-c1ccccc1)n2C1CCCCC1. The van der Waals surface area contributed by atoms with Gasteiger partial charge in [0, 0.05) is 5.56 Å². The lowest BCUT2D eigenvalue weighted by Crippen LogP contribution is -2.50. The second-order valence-corrected chi connectivity index (χ2v) is 9.12. The van der Waals surface area contributed by atoms with Gasteiger partial charge >= 0.3 is 5.97 Å². The van der Waals surface area contributed by atoms with Crippen LogP contribution in [0.25, 0.3) is 16.6 Å². The normalized spacial score (nSPS) is 14.9. The lowest BCUT2D eigenvalue weighted by Gasteiger charge is -2.26. The Balaban J connectivity index is 1.78. The lowest BCUT2D eigenvalue weighted by atomic mass is 9.95. The number of benzene rings is 2. The number of carbonyl (C=O) groups is 2. The predicted octanol–water partition coefficient (Wildman–Crippen LogP) is 4.37. The van der Waals surface area contributed by atoms with Crippen LogP contribution in [0.5, 0.6) is 0 Å². The third-order valence-electron chi connectivity index (χ3n) is 6.28. The Labute approximate surface area is 193 Å². The Hall–Kier alpha value is -3.35. The molecule has 1 aromatic heterocycles. The summed E-state index contributed by atoms with van der Waals surface area (Å²) >= 11 is 0. The molecule has 33 heavy (non-hydrogen) atoms. The van der Waals surface area contributed by atoms with Crippen LogP contribution >= 0.6 is 0 Å². The quantitative estimate of drug-likeness (QED) is 0.567. The summed E-state index contributed by atoms with van der Waals surface area (Å²) in [6.07, 6.45) is 5.53. The van der Waals surface area contributed by atoms with E-state index in [1.54, 1.807) is 37.6 Å². The molecule has 0 aliphatic heterocycles. The molecule has 0 atom stereocenters. The molecule has 3 aromatic rings. The van der Waals surface area contributed by atoms with Crippen molar-refractivity contribution in [1.82, 2.24) is 14.7 Å². The fraction of sp³-hybridized carbons (Fsp3) is 0.423. The number of para-hydroxylation sites is 1. The fourth-order valence-corrected chi connectivity index (χ4v) is 4.58. The van der Waals surface area contributed by atoms with Gasteiger partial charge in [-0.1, -0.05) is 37.5 Å². The molecule has 7 nitrogen and oxygen atoms in total. The van der Waals surface area contributed by atoms with Gasteiger partial charge in [-0.25, -0.2) is 9.48 Å². The monoisotopic (exact) mass is 449 g/mol. The maximum atomic E-state index is 13.6. The topological polar surface area (TPSA) is 82.3 Å². The fourth-order valence-electron chi connectivity index (χ4n) is 4.58. The van der Waals surface area contributed by atoms with Crippen LogP contribution in [0.2, 0.25) is 0 Å². The average Bonchev–Trinajstić information content (AvgIpc) is 3.12. The zero-order valence-corrected chi connectivity index (χ0v) is 19.5. The first kappa shape index (κ1) is 22.8. The summed E-state index contributed by atoms with van der Waals surface area (Å²) in [5, 5.41) is 3.22. The second-order valence-electron chi connectivity index (χ2n) is 9.12. The molecule has 0 unspecified atom stereocenters. The van der Waals surface area contributed by atoms with Gasteiger partial charge in [-0.15, -0.1) is 0 Å². The first-order valence-corrected chi connectivity index (χ1v) is 11.7. The van der Waals surface area contributed by atoms with E-state index in [1.165, 1.54) is 6.42 Å². The molecule has 0 saturated heterocycles. The highest BCUT2D eigenvalue weighted by Crippen LogP contribution is 2.31. The Bertz CT molecular complexity index is 1220. The molecule has 1 aliphatic carbocycles. The van der Waals surface area contributed by atoms with Gasteiger partial charge in [-0.05, 0) is 63.9 Å². The van der Waals surface area contributed by atoms with E-state index < -0.39 is 17.4 Å². The van der Waals surface area contributed by atoms with Crippen LogP contribution in [0, 0.1) is 0 Å². The number of esters is 1. The van der Waals surface area contributed by atoms with Gasteiger partial charge in [0.1, 0.15) is 5.54 Å². The number of hydrogen-bond acceptors (Lipinski definition) is 4. The minimum Gasteiger partial charge on any atom is -0.464 e. The Morgan fingerprint density at radius 3 is 2.42 bits per heavy atom. The van der Waals surface area contributed by atoms with Crippen molar-refractivity contribution in [3.63, 3.8) is 0 Å². The summed E-state index contributed by atoms with van der Waals surface area (Å²) in [4.78, 5) is 38.7. The van der Waals surface area contributed by atoms with Crippen LogP contribution in [0.1, 0.15) is 69.3 Å². The highest BCUT2D eigenvalue weighted by molar-refractivity contribution is 6.00. The number of rotatable bonds is 6. The van der Waals surface area contributed by atoms with E-state index in [9.17, 15) is 14.4 Å². The van der Waals surface area contributed by atoms with Crippen molar-refractivity contribution < 1.29 is 14.3 Å². The molecule has 174 valence electrons. The first-order chi connectivity index (χ1) is 15.8. The van der Waals surface area contributed by atoms with Crippen molar-refractivity contribution in [1.29, 1.82) is 0 Å². The Morgan fingerprint density at radius 2 is 1.76 bits per heavy atom. The van der Waals surface area contributed by atoms with E-state index in [0.717, 1.165) is 36.9 Å². The number of fused-ring (bicyclic) bond motifs is 1. The summed E-state index contributed by atoms with van der Waals surface area (Å²) < 4.78 is 8.91. The Morgan fingerprint density at radius 1 is 1.06 bits per heavy atom. The lowest BCUT2D eigenvalue weighted by molar-refractivity contribution is -0.149. The van der Waals surface area contributed by atoms with Gasteiger partial charge in [0.25, 0.3) is 11.5 Å². The maximum Gasteiger partial charge on any atom is 0.331 e. The highest BCUT2D eigenvalue weighted by atomic mass is 16.5. The van der Waals surface area contributed by atoms with Crippen molar-refractivity contribution in [3.8, 4) is 5.69 Å². The molecule has 4 rings (SSSR count). The predicted molar refractivity (Wildman–Crippen MR) is 128 cm³/mol. The van der Waals surface area contributed by atoms with Gasteiger partial charge in [-0.2, -0.15) is 0 Å². The summed E-state index contributed by atoms with van der Waals surface area (Å²) in [7, 11) is 0. The van der Waals surface area contributed by atoms with Crippen molar-refractivity contribution >= 4 is 22.8 Å². The van der Waals surface area contributed by atoms with Gasteiger partial charge in [0.2, 0.25) is 0 Å². The average molecular weight is 450 g/mol. The Kier molecular flexibility index (Phi) is 6.40. The standard InChI is InChI=1S/C26H31N3O4/c1-4-33-25(32)26(2,3)27-23(30)18-15-16-22-21(17-18)24(31)29(20-13-9-6-10-14-20)28(22)19-11-7-5-8-12-19/h6,9-10,13-17,19H,4-5,7-8,11-12H2,1-3H3,(H,27,30). The van der Waals surface area contributed by atoms with Crippen LogP contribution in [-0.4, -0.2) is 33.4 Å². The summed E-state index contributed by atoms with van der Waals surface area (Å²) in [6.45, 7) is 5.16. The molecule has 1 amide bonds. The van der Waals surface area contributed by atoms with Gasteiger partial charge in [0.15, 0.2) is 0 Å². The number of hydrogen-bond donors (Lipinski definition) is 1. The van der Waals surface area contributed by atoms with E-state index in [1.807, 2.05) is 36.4 Å². The third kappa shape index (κ3) is 4.45. The minimum absolute atomic E-state index is 0.152. The molecule has 1 N–H and O–H groups in total. The number of ether oxygens (including phenoxy) is 1. The van der Waals surface area contributed by atoms with E-state index in [4.69, 9.17) is 4.74 Å². The van der Waals surface area contributed by atoms with E-state index >= 15 is 0 Å². The molecular weight excluding hydrogens is 418 g/mol.